The van der Waals surface area contributed by atoms with Gasteiger partial charge in [-0.1, -0.05) is 19.1 Å². The molecule has 0 unspecified atom stereocenters. The lowest BCUT2D eigenvalue weighted by Gasteiger charge is -2.19. The second-order valence-corrected chi connectivity index (χ2v) is 8.08. The Bertz CT molecular complexity index is 1420. The molecule has 14 heteroatoms. The number of amides is 1. The lowest BCUT2D eigenvalue weighted by molar-refractivity contribution is -0.284. The summed E-state index contributed by atoms with van der Waals surface area (Å²) in [6.07, 6.45) is -3.67. The number of carbonyl (C=O) groups excluding carboxylic acids is 1. The molecular weight excluding hydrogens is 504 g/mol. The smallest absolute Gasteiger partial charge is 0.310 e. The van der Waals surface area contributed by atoms with E-state index in [0.717, 1.165) is 6.33 Å². The first-order chi connectivity index (χ1) is 17.5. The van der Waals surface area contributed by atoms with Crippen LogP contribution in [0, 0.1) is 5.82 Å². The molecule has 1 amide bonds. The summed E-state index contributed by atoms with van der Waals surface area (Å²) in [5.74, 6) is -5.62. The van der Waals surface area contributed by atoms with E-state index in [-0.39, 0.29) is 35.1 Å². The fraction of sp³-hybridized carbons (Fsp3) is 0.304. The predicted molar refractivity (Wildman–Crippen MR) is 119 cm³/mol. The van der Waals surface area contributed by atoms with Gasteiger partial charge < -0.3 is 5.32 Å². The van der Waals surface area contributed by atoms with Gasteiger partial charge in [0.05, 0.1) is 18.3 Å². The number of rotatable bonds is 8. The Morgan fingerprint density at radius 3 is 2.46 bits per heavy atom. The summed E-state index contributed by atoms with van der Waals surface area (Å²) in [4.78, 5) is 29.2. The van der Waals surface area contributed by atoms with E-state index in [2.05, 4.69) is 30.4 Å². The van der Waals surface area contributed by atoms with Gasteiger partial charge in [-0.25, -0.2) is 28.8 Å². The Morgan fingerprint density at radius 2 is 1.78 bits per heavy atom. The van der Waals surface area contributed by atoms with Crippen molar-refractivity contribution >= 4 is 17.4 Å². The number of hydrogen-bond donors (Lipinski definition) is 1. The number of halogens is 6. The molecule has 1 aromatic carbocycles. The predicted octanol–water partition coefficient (Wildman–Crippen LogP) is 4.59. The SMILES string of the molecule is CCc1cnc(-c2cn3ncnc3c(CCC(F)(F)C(F)(F)F)n2)nc1NC(=O)Cc1ccc(F)cc1. The number of nitrogens with zero attached hydrogens (tertiary/aromatic N) is 6. The van der Waals surface area contributed by atoms with Gasteiger partial charge in [0.2, 0.25) is 5.91 Å². The van der Waals surface area contributed by atoms with Crippen molar-refractivity contribution in [2.75, 3.05) is 5.32 Å². The molecule has 0 aliphatic carbocycles. The zero-order valence-electron chi connectivity index (χ0n) is 19.2. The lowest BCUT2D eigenvalue weighted by Crippen LogP contribution is -2.36. The molecular formula is C23H19F6N7O. The van der Waals surface area contributed by atoms with Crippen LogP contribution in [0.15, 0.2) is 43.0 Å². The Balaban J connectivity index is 1.62. The summed E-state index contributed by atoms with van der Waals surface area (Å²) in [6.45, 7) is 1.81. The van der Waals surface area contributed by atoms with E-state index in [1.165, 1.54) is 41.2 Å². The van der Waals surface area contributed by atoms with Gasteiger partial charge in [0.15, 0.2) is 11.5 Å². The van der Waals surface area contributed by atoms with E-state index in [1.54, 1.807) is 0 Å². The Labute approximate surface area is 205 Å². The normalized spacial score (nSPS) is 12.2. The largest absolute Gasteiger partial charge is 0.453 e. The molecule has 0 saturated heterocycles. The van der Waals surface area contributed by atoms with Crippen LogP contribution in [0.5, 0.6) is 0 Å². The topological polar surface area (TPSA) is 98.0 Å². The van der Waals surface area contributed by atoms with Crippen LogP contribution in [-0.2, 0) is 24.1 Å². The number of carbonyl (C=O) groups is 1. The molecule has 0 bridgehead atoms. The van der Waals surface area contributed by atoms with Crippen LogP contribution in [0.1, 0.15) is 30.2 Å². The molecule has 3 aromatic heterocycles. The van der Waals surface area contributed by atoms with E-state index in [9.17, 15) is 31.1 Å². The van der Waals surface area contributed by atoms with E-state index < -0.39 is 36.7 Å². The van der Waals surface area contributed by atoms with Crippen molar-refractivity contribution in [3.05, 3.63) is 65.6 Å². The van der Waals surface area contributed by atoms with Gasteiger partial charge in [-0.2, -0.15) is 27.1 Å². The number of nitrogens with one attached hydrogen (secondary N) is 1. The summed E-state index contributed by atoms with van der Waals surface area (Å²) in [7, 11) is 0. The fourth-order valence-electron chi connectivity index (χ4n) is 3.44. The molecule has 0 aliphatic rings. The first-order valence-corrected chi connectivity index (χ1v) is 11.0. The molecule has 4 aromatic rings. The molecule has 0 spiro atoms. The molecule has 0 aliphatic heterocycles. The number of aryl methyl sites for hydroxylation is 2. The van der Waals surface area contributed by atoms with Crippen LogP contribution in [-0.4, -0.2) is 47.6 Å². The number of hydrogen-bond acceptors (Lipinski definition) is 6. The Morgan fingerprint density at radius 1 is 1.05 bits per heavy atom. The van der Waals surface area contributed by atoms with Gasteiger partial charge in [-0.15, -0.1) is 0 Å². The van der Waals surface area contributed by atoms with Crippen LogP contribution in [0.3, 0.4) is 0 Å². The monoisotopic (exact) mass is 523 g/mol. The summed E-state index contributed by atoms with van der Waals surface area (Å²) in [5, 5.41) is 6.59. The van der Waals surface area contributed by atoms with Crippen molar-refractivity contribution < 1.29 is 31.1 Å². The van der Waals surface area contributed by atoms with Crippen molar-refractivity contribution in [1.29, 1.82) is 0 Å². The van der Waals surface area contributed by atoms with Gasteiger partial charge >= 0.3 is 12.1 Å². The van der Waals surface area contributed by atoms with Gasteiger partial charge in [0.25, 0.3) is 0 Å². The Kier molecular flexibility index (Phi) is 7.09. The van der Waals surface area contributed by atoms with E-state index in [4.69, 9.17) is 0 Å². The first kappa shape index (κ1) is 26.0. The fourth-order valence-corrected chi connectivity index (χ4v) is 3.44. The Hall–Kier alpha value is -4.10. The van der Waals surface area contributed by atoms with Gasteiger partial charge in [-0.05, 0) is 30.5 Å². The molecule has 4 rings (SSSR count). The van der Waals surface area contributed by atoms with Crippen molar-refractivity contribution in [3.63, 3.8) is 0 Å². The standard InChI is InChI=1S/C23H19F6N7O/c1-2-14-10-30-20(35-19(14)34-18(37)9-13-3-5-15(24)6-4-13)17-11-36-21(31-12-32-36)16(33-17)7-8-22(25,26)23(27,28)29/h3-6,10-12H,2,7-9H2,1H3,(H,30,34,35,37). The highest BCUT2D eigenvalue weighted by molar-refractivity contribution is 5.92. The summed E-state index contributed by atoms with van der Waals surface area (Å²) in [6, 6.07) is 5.41. The number of anilines is 1. The molecule has 194 valence electrons. The molecule has 37 heavy (non-hydrogen) atoms. The van der Waals surface area contributed by atoms with E-state index in [1.807, 2.05) is 6.92 Å². The van der Waals surface area contributed by atoms with Crippen LogP contribution < -0.4 is 5.32 Å². The maximum Gasteiger partial charge on any atom is 0.453 e. The van der Waals surface area contributed by atoms with E-state index in [0.29, 0.717) is 17.5 Å². The second kappa shape index (κ2) is 10.1. The summed E-state index contributed by atoms with van der Waals surface area (Å²) >= 11 is 0. The number of benzene rings is 1. The summed E-state index contributed by atoms with van der Waals surface area (Å²) < 4.78 is 79.2. The molecule has 0 atom stereocenters. The molecule has 0 fully saturated rings. The molecule has 8 nitrogen and oxygen atoms in total. The van der Waals surface area contributed by atoms with Crippen molar-refractivity contribution in [2.24, 2.45) is 0 Å². The lowest BCUT2D eigenvalue weighted by atomic mass is 10.1. The van der Waals surface area contributed by atoms with Crippen LogP contribution in [0.25, 0.3) is 17.2 Å². The van der Waals surface area contributed by atoms with Gasteiger partial charge in [0, 0.05) is 18.2 Å². The van der Waals surface area contributed by atoms with Gasteiger partial charge in [-0.3, -0.25) is 4.79 Å². The minimum absolute atomic E-state index is 0.0136. The molecule has 1 N–H and O–H groups in total. The maximum absolute atomic E-state index is 13.5. The minimum Gasteiger partial charge on any atom is -0.310 e. The third-order valence-corrected chi connectivity index (χ3v) is 5.43. The molecule has 0 radical (unpaired) electrons. The van der Waals surface area contributed by atoms with Crippen molar-refractivity contribution in [3.8, 4) is 11.5 Å². The molecule has 0 saturated carbocycles. The highest BCUT2D eigenvalue weighted by atomic mass is 19.4. The zero-order valence-corrected chi connectivity index (χ0v) is 19.2. The summed E-state index contributed by atoms with van der Waals surface area (Å²) in [5.41, 5.74) is 1.05. The average Bonchev–Trinajstić information content (AvgIpc) is 3.32. The first-order valence-electron chi connectivity index (χ1n) is 11.0. The number of alkyl halides is 5. The average molecular weight is 523 g/mol. The third kappa shape index (κ3) is 5.84. The zero-order chi connectivity index (χ0) is 26.8. The third-order valence-electron chi connectivity index (χ3n) is 5.43. The highest BCUT2D eigenvalue weighted by Crippen LogP contribution is 2.39. The van der Waals surface area contributed by atoms with E-state index >= 15 is 0 Å². The minimum atomic E-state index is -5.70. The number of aromatic nitrogens is 6. The van der Waals surface area contributed by atoms with Crippen LogP contribution in [0.4, 0.5) is 32.2 Å². The quantitative estimate of drug-likeness (QED) is 0.339. The van der Waals surface area contributed by atoms with Crippen molar-refractivity contribution in [1.82, 2.24) is 29.5 Å². The maximum atomic E-state index is 13.5. The highest BCUT2D eigenvalue weighted by Gasteiger charge is 2.56. The van der Waals surface area contributed by atoms with Gasteiger partial charge in [0.1, 0.15) is 23.7 Å². The second-order valence-electron chi connectivity index (χ2n) is 8.08. The van der Waals surface area contributed by atoms with Crippen LogP contribution in [0.2, 0.25) is 0 Å². The molecule has 3 heterocycles. The van der Waals surface area contributed by atoms with Crippen molar-refractivity contribution in [2.45, 2.75) is 44.7 Å². The number of fused-ring (bicyclic) bond motifs is 1. The van der Waals surface area contributed by atoms with Crippen LogP contribution >= 0.6 is 0 Å².